The number of anilines is 2. The molecule has 1 atom stereocenters. The van der Waals surface area contributed by atoms with E-state index in [-0.39, 0.29) is 36.3 Å². The highest BCUT2D eigenvalue weighted by Crippen LogP contribution is 2.34. The first-order chi connectivity index (χ1) is 16.2. The van der Waals surface area contributed by atoms with Gasteiger partial charge in [0.2, 0.25) is 5.91 Å². The molecule has 3 amide bonds. The minimum atomic E-state index is -1.10. The van der Waals surface area contributed by atoms with Crippen LogP contribution < -0.4 is 15.5 Å². The van der Waals surface area contributed by atoms with Crippen molar-refractivity contribution in [2.45, 2.75) is 27.2 Å². The molecule has 0 radical (unpaired) electrons. The van der Waals surface area contributed by atoms with Crippen LogP contribution in [0.25, 0.3) is 0 Å². The molecule has 1 aliphatic rings. The van der Waals surface area contributed by atoms with Gasteiger partial charge in [-0.05, 0) is 56.2 Å². The average Bonchev–Trinajstić information content (AvgIpc) is 2.80. The second-order valence-electron chi connectivity index (χ2n) is 8.14. The number of fused-ring (bicyclic) bond motifs is 1. The molecule has 0 saturated carbocycles. The van der Waals surface area contributed by atoms with Crippen LogP contribution in [-0.2, 0) is 4.79 Å². The Bertz CT molecular complexity index is 1140. The molecule has 9 heteroatoms. The van der Waals surface area contributed by atoms with Crippen LogP contribution in [0.4, 0.5) is 20.2 Å². The van der Waals surface area contributed by atoms with Gasteiger partial charge in [-0.3, -0.25) is 19.3 Å². The van der Waals surface area contributed by atoms with E-state index in [0.29, 0.717) is 30.2 Å². The quantitative estimate of drug-likeness (QED) is 0.608. The van der Waals surface area contributed by atoms with Crippen molar-refractivity contribution in [2.75, 3.05) is 29.9 Å². The van der Waals surface area contributed by atoms with Crippen LogP contribution in [0.3, 0.4) is 0 Å². The largest absolute Gasteiger partial charge is 0.352 e. The first kappa shape index (κ1) is 24.9. The van der Waals surface area contributed by atoms with Crippen LogP contribution in [0.15, 0.2) is 48.8 Å². The molecule has 0 spiro atoms. The van der Waals surface area contributed by atoms with Gasteiger partial charge in [0.1, 0.15) is 5.82 Å². The summed E-state index contributed by atoms with van der Waals surface area (Å²) in [6.07, 6.45) is 0.113. The fourth-order valence-electron chi connectivity index (χ4n) is 3.85. The zero-order valence-corrected chi connectivity index (χ0v) is 19.5. The number of nitrogens with one attached hydrogen (secondary N) is 2. The number of carbonyl (C=O) groups is 3. The van der Waals surface area contributed by atoms with Gasteiger partial charge >= 0.3 is 0 Å². The summed E-state index contributed by atoms with van der Waals surface area (Å²) in [6, 6.07) is 8.08. The molecule has 3 rings (SSSR count). The molecular weight excluding hydrogens is 442 g/mol. The van der Waals surface area contributed by atoms with E-state index in [1.807, 2.05) is 18.7 Å². The molecular formula is C25H28F2N4O3. The lowest BCUT2D eigenvalue weighted by molar-refractivity contribution is -0.116. The number of amides is 3. The van der Waals surface area contributed by atoms with E-state index in [9.17, 15) is 23.2 Å². The van der Waals surface area contributed by atoms with Crippen molar-refractivity contribution in [1.82, 2.24) is 10.2 Å². The predicted octanol–water partition coefficient (Wildman–Crippen LogP) is 4.13. The number of carbonyl (C=O) groups excluding carboxylic acids is 3. The summed E-state index contributed by atoms with van der Waals surface area (Å²) in [6.45, 7) is 11.0. The molecule has 0 saturated heterocycles. The Balaban J connectivity index is 1.60. The van der Waals surface area contributed by atoms with E-state index in [0.717, 1.165) is 17.8 Å². The van der Waals surface area contributed by atoms with Crippen molar-refractivity contribution in [3.8, 4) is 0 Å². The first-order valence-electron chi connectivity index (χ1n) is 11.1. The summed E-state index contributed by atoms with van der Waals surface area (Å²) in [5.74, 6) is -2.72. The molecule has 1 unspecified atom stereocenters. The van der Waals surface area contributed by atoms with Crippen molar-refractivity contribution in [1.29, 1.82) is 0 Å². The van der Waals surface area contributed by atoms with Crippen molar-refractivity contribution in [2.24, 2.45) is 5.92 Å². The van der Waals surface area contributed by atoms with Gasteiger partial charge in [-0.2, -0.15) is 0 Å². The Morgan fingerprint density at radius 3 is 2.38 bits per heavy atom. The lowest BCUT2D eigenvalue weighted by Gasteiger charge is -2.38. The Kier molecular flexibility index (Phi) is 7.65. The molecule has 180 valence electrons. The minimum absolute atomic E-state index is 0.000735. The summed E-state index contributed by atoms with van der Waals surface area (Å²) in [5.41, 5.74) is 1.73. The Labute approximate surface area is 197 Å². The molecule has 0 fully saturated rings. The Morgan fingerprint density at radius 2 is 1.74 bits per heavy atom. The lowest BCUT2D eigenvalue weighted by Crippen LogP contribution is -2.44. The maximum Gasteiger partial charge on any atom is 0.261 e. The van der Waals surface area contributed by atoms with E-state index in [4.69, 9.17) is 0 Å². The zero-order chi connectivity index (χ0) is 25.0. The van der Waals surface area contributed by atoms with E-state index < -0.39 is 17.5 Å². The molecule has 2 N–H and O–H groups in total. The van der Waals surface area contributed by atoms with Crippen LogP contribution >= 0.6 is 0 Å². The third kappa shape index (κ3) is 5.24. The van der Waals surface area contributed by atoms with Crippen LogP contribution in [0.5, 0.6) is 0 Å². The molecule has 7 nitrogen and oxygen atoms in total. The third-order valence-corrected chi connectivity index (χ3v) is 5.63. The SMILES string of the molecule is C=C1N(CC)C(=O)c2cc(NC(=O)CC(C)CNC(=O)c3ccc(F)c(F)c3)ccc2N1CC. The smallest absolute Gasteiger partial charge is 0.261 e. The number of halogens is 2. The molecule has 2 aromatic rings. The number of nitrogens with zero attached hydrogens (tertiary/aromatic N) is 2. The molecule has 34 heavy (non-hydrogen) atoms. The molecule has 0 aromatic heterocycles. The summed E-state index contributed by atoms with van der Waals surface area (Å²) in [7, 11) is 0. The summed E-state index contributed by atoms with van der Waals surface area (Å²) >= 11 is 0. The second-order valence-corrected chi connectivity index (χ2v) is 8.14. The first-order valence-corrected chi connectivity index (χ1v) is 11.1. The fraction of sp³-hybridized carbons (Fsp3) is 0.320. The number of rotatable bonds is 8. The summed E-state index contributed by atoms with van der Waals surface area (Å²) in [5, 5.41) is 5.41. The number of benzene rings is 2. The van der Waals surface area contributed by atoms with E-state index in [1.54, 1.807) is 30.0 Å². The normalized spacial score (nSPS) is 14.0. The molecule has 0 bridgehead atoms. The van der Waals surface area contributed by atoms with E-state index in [1.165, 1.54) is 6.07 Å². The van der Waals surface area contributed by atoms with Gasteiger partial charge in [0, 0.05) is 37.3 Å². The highest BCUT2D eigenvalue weighted by molar-refractivity contribution is 6.05. The number of hydrogen-bond donors (Lipinski definition) is 2. The minimum Gasteiger partial charge on any atom is -0.352 e. The Morgan fingerprint density at radius 1 is 1.03 bits per heavy atom. The van der Waals surface area contributed by atoms with Gasteiger partial charge in [-0.15, -0.1) is 0 Å². The van der Waals surface area contributed by atoms with Crippen molar-refractivity contribution in [3.63, 3.8) is 0 Å². The zero-order valence-electron chi connectivity index (χ0n) is 19.5. The third-order valence-electron chi connectivity index (χ3n) is 5.63. The highest BCUT2D eigenvalue weighted by atomic mass is 19.2. The van der Waals surface area contributed by atoms with Gasteiger partial charge in [0.15, 0.2) is 11.6 Å². The van der Waals surface area contributed by atoms with Crippen LogP contribution in [0, 0.1) is 17.6 Å². The maximum absolute atomic E-state index is 13.3. The van der Waals surface area contributed by atoms with Gasteiger partial charge < -0.3 is 15.5 Å². The second kappa shape index (κ2) is 10.5. The van der Waals surface area contributed by atoms with E-state index >= 15 is 0 Å². The van der Waals surface area contributed by atoms with Gasteiger partial charge in [0.25, 0.3) is 11.8 Å². The van der Waals surface area contributed by atoms with E-state index in [2.05, 4.69) is 17.2 Å². The Hall–Kier alpha value is -3.75. The summed E-state index contributed by atoms with van der Waals surface area (Å²) in [4.78, 5) is 41.1. The molecule has 2 aromatic carbocycles. The lowest BCUT2D eigenvalue weighted by atomic mass is 10.0. The van der Waals surface area contributed by atoms with Crippen molar-refractivity contribution in [3.05, 3.63) is 71.6 Å². The van der Waals surface area contributed by atoms with Crippen molar-refractivity contribution < 1.29 is 23.2 Å². The number of hydrogen-bond acceptors (Lipinski definition) is 4. The average molecular weight is 471 g/mol. The topological polar surface area (TPSA) is 81.8 Å². The standard InChI is InChI=1S/C25H28F2N4O3/c1-5-30-16(4)31(6-2)25(34)19-13-18(8-10-22(19)30)29-23(32)11-15(3)14-28-24(33)17-7-9-20(26)21(27)12-17/h7-10,12-13,15H,4-6,11,14H2,1-3H3,(H,28,33)(H,29,32). The molecule has 0 aliphatic carbocycles. The van der Waals surface area contributed by atoms with Gasteiger partial charge in [-0.1, -0.05) is 13.5 Å². The fourth-order valence-corrected chi connectivity index (χ4v) is 3.85. The molecule has 1 heterocycles. The molecule has 1 aliphatic heterocycles. The van der Waals surface area contributed by atoms with Crippen molar-refractivity contribution >= 4 is 29.1 Å². The summed E-state index contributed by atoms with van der Waals surface area (Å²) < 4.78 is 26.3. The van der Waals surface area contributed by atoms with Gasteiger partial charge in [-0.25, -0.2) is 8.78 Å². The van der Waals surface area contributed by atoms with Gasteiger partial charge in [0.05, 0.1) is 11.3 Å². The predicted molar refractivity (Wildman–Crippen MR) is 126 cm³/mol. The van der Waals surface area contributed by atoms with Crippen LogP contribution in [0.1, 0.15) is 47.9 Å². The monoisotopic (exact) mass is 470 g/mol. The highest BCUT2D eigenvalue weighted by Gasteiger charge is 2.31. The van der Waals surface area contributed by atoms with Crippen LogP contribution in [-0.4, -0.2) is 42.3 Å². The van der Waals surface area contributed by atoms with Crippen LogP contribution in [0.2, 0.25) is 0 Å². The maximum atomic E-state index is 13.3.